The lowest BCUT2D eigenvalue weighted by atomic mass is 10.2. The summed E-state index contributed by atoms with van der Waals surface area (Å²) in [5, 5.41) is 5.16. The molecule has 0 saturated carbocycles. The number of thioether (sulfide) groups is 1. The van der Waals surface area contributed by atoms with Crippen molar-refractivity contribution in [3.8, 4) is 0 Å². The van der Waals surface area contributed by atoms with E-state index in [0.717, 1.165) is 17.7 Å². The number of halogens is 1. The van der Waals surface area contributed by atoms with Crippen molar-refractivity contribution in [1.82, 2.24) is 0 Å². The van der Waals surface area contributed by atoms with Gasteiger partial charge >= 0.3 is 0 Å². The van der Waals surface area contributed by atoms with Crippen molar-refractivity contribution in [3.05, 3.63) is 54.3 Å². The summed E-state index contributed by atoms with van der Waals surface area (Å²) in [4.78, 5) is 25.3. The van der Waals surface area contributed by atoms with Crippen molar-refractivity contribution in [3.63, 3.8) is 0 Å². The third-order valence-corrected chi connectivity index (χ3v) is 5.31. The number of hydrogen-bond acceptors (Lipinski definition) is 3. The summed E-state index contributed by atoms with van der Waals surface area (Å²) in [7, 11) is 0. The van der Waals surface area contributed by atoms with Crippen LogP contribution in [0.4, 0.5) is 15.8 Å². The van der Waals surface area contributed by atoms with Gasteiger partial charge < -0.3 is 10.6 Å². The molecule has 0 bridgehead atoms. The van der Waals surface area contributed by atoms with E-state index in [0.29, 0.717) is 18.5 Å². The molecule has 0 aromatic heterocycles. The van der Waals surface area contributed by atoms with Crippen LogP contribution in [0.5, 0.6) is 0 Å². The molecular formula is C21H25FN2O2S. The first kappa shape index (κ1) is 21.0. The van der Waals surface area contributed by atoms with E-state index in [1.807, 2.05) is 38.1 Å². The van der Waals surface area contributed by atoms with Crippen LogP contribution in [0.25, 0.3) is 0 Å². The monoisotopic (exact) mass is 388 g/mol. The topological polar surface area (TPSA) is 58.2 Å². The molecule has 2 aromatic rings. The summed E-state index contributed by atoms with van der Waals surface area (Å²) in [6.07, 6.45) is 2.92. The fourth-order valence-electron chi connectivity index (χ4n) is 2.47. The molecule has 2 aromatic carbocycles. The van der Waals surface area contributed by atoms with Crippen LogP contribution in [0, 0.1) is 5.82 Å². The second-order valence-corrected chi connectivity index (χ2v) is 7.44. The zero-order valence-electron chi connectivity index (χ0n) is 15.6. The molecule has 0 aliphatic carbocycles. The van der Waals surface area contributed by atoms with Gasteiger partial charge in [-0.15, -0.1) is 11.8 Å². The molecule has 0 aliphatic heterocycles. The van der Waals surface area contributed by atoms with Gasteiger partial charge in [0.2, 0.25) is 11.8 Å². The van der Waals surface area contributed by atoms with E-state index in [1.54, 1.807) is 12.1 Å². The summed E-state index contributed by atoms with van der Waals surface area (Å²) < 4.78 is 13.7. The van der Waals surface area contributed by atoms with Crippen molar-refractivity contribution < 1.29 is 14.0 Å². The number of nitrogens with one attached hydrogen (secondary N) is 2. The number of benzene rings is 2. The highest BCUT2D eigenvalue weighted by Crippen LogP contribution is 2.29. The van der Waals surface area contributed by atoms with E-state index in [-0.39, 0.29) is 22.8 Å². The fourth-order valence-corrected chi connectivity index (χ4v) is 3.48. The summed E-state index contributed by atoms with van der Waals surface area (Å²) in [5.41, 5.74) is 0.893. The van der Waals surface area contributed by atoms with Crippen LogP contribution >= 0.6 is 11.8 Å². The lowest BCUT2D eigenvalue weighted by Crippen LogP contribution is -2.25. The standard InChI is InChI=1S/C21H25FN2O2S/c1-3-5-13-20(25)23-15-9-8-10-16(14-15)27-19(4-2)21(26)24-18-12-7-6-11-17(18)22/h6-12,14,19H,3-5,13H2,1-2H3,(H,23,25)(H,24,26). The fraction of sp³-hybridized carbons (Fsp3) is 0.333. The zero-order valence-corrected chi connectivity index (χ0v) is 16.4. The number of amides is 2. The minimum absolute atomic E-state index is 0.0108. The Morgan fingerprint density at radius 1 is 1.07 bits per heavy atom. The highest BCUT2D eigenvalue weighted by atomic mass is 32.2. The van der Waals surface area contributed by atoms with Gasteiger partial charge in [-0.1, -0.05) is 38.5 Å². The smallest absolute Gasteiger partial charge is 0.237 e. The highest BCUT2D eigenvalue weighted by molar-refractivity contribution is 8.00. The molecule has 1 unspecified atom stereocenters. The van der Waals surface area contributed by atoms with Crippen molar-refractivity contribution in [1.29, 1.82) is 0 Å². The molecule has 6 heteroatoms. The number of carbonyl (C=O) groups is 2. The lowest BCUT2D eigenvalue weighted by molar-refractivity contribution is -0.116. The first-order chi connectivity index (χ1) is 13.0. The van der Waals surface area contributed by atoms with Crippen molar-refractivity contribution in [2.24, 2.45) is 0 Å². The van der Waals surface area contributed by atoms with Gasteiger partial charge in [0, 0.05) is 17.0 Å². The van der Waals surface area contributed by atoms with Gasteiger partial charge in [-0.05, 0) is 43.2 Å². The van der Waals surface area contributed by atoms with Crippen LogP contribution in [-0.2, 0) is 9.59 Å². The molecule has 0 heterocycles. The van der Waals surface area contributed by atoms with E-state index in [9.17, 15) is 14.0 Å². The maximum Gasteiger partial charge on any atom is 0.237 e. The molecule has 1 atom stereocenters. The Kier molecular flexibility index (Phi) is 8.33. The third kappa shape index (κ3) is 6.71. The molecule has 2 amide bonds. The van der Waals surface area contributed by atoms with Gasteiger partial charge in [0.05, 0.1) is 10.9 Å². The molecule has 0 spiro atoms. The number of para-hydroxylation sites is 1. The molecule has 0 saturated heterocycles. The molecule has 27 heavy (non-hydrogen) atoms. The predicted octanol–water partition coefficient (Wildman–Crippen LogP) is 5.46. The Morgan fingerprint density at radius 2 is 1.85 bits per heavy atom. The van der Waals surface area contributed by atoms with Crippen molar-refractivity contribution in [2.75, 3.05) is 10.6 Å². The number of anilines is 2. The third-order valence-electron chi connectivity index (χ3n) is 3.95. The van der Waals surface area contributed by atoms with Gasteiger partial charge in [-0.2, -0.15) is 0 Å². The number of carbonyl (C=O) groups excluding carboxylic acids is 2. The van der Waals surface area contributed by atoms with Crippen molar-refractivity contribution >= 4 is 35.0 Å². The SMILES string of the molecule is CCCCC(=O)Nc1cccc(SC(CC)C(=O)Nc2ccccc2F)c1. The van der Waals surface area contributed by atoms with Crippen LogP contribution in [0.3, 0.4) is 0 Å². The Balaban J connectivity index is 2.01. The molecule has 0 fully saturated rings. The predicted molar refractivity (Wildman–Crippen MR) is 110 cm³/mol. The molecule has 4 nitrogen and oxygen atoms in total. The lowest BCUT2D eigenvalue weighted by Gasteiger charge is -2.16. The summed E-state index contributed by atoms with van der Waals surface area (Å²) >= 11 is 1.40. The Hall–Kier alpha value is -2.34. The van der Waals surface area contributed by atoms with Crippen LogP contribution in [0.15, 0.2) is 53.4 Å². The molecule has 2 N–H and O–H groups in total. The number of hydrogen-bond donors (Lipinski definition) is 2. The van der Waals surface area contributed by atoms with Gasteiger partial charge in [-0.25, -0.2) is 4.39 Å². The highest BCUT2D eigenvalue weighted by Gasteiger charge is 2.19. The minimum Gasteiger partial charge on any atom is -0.326 e. The first-order valence-electron chi connectivity index (χ1n) is 9.15. The Labute approximate surface area is 163 Å². The zero-order chi connectivity index (χ0) is 19.6. The normalized spacial score (nSPS) is 11.7. The maximum absolute atomic E-state index is 13.7. The van der Waals surface area contributed by atoms with E-state index in [1.165, 1.54) is 23.9 Å². The van der Waals surface area contributed by atoms with Gasteiger partial charge in [0.15, 0.2) is 0 Å². The summed E-state index contributed by atoms with van der Waals surface area (Å²) in [6, 6.07) is 13.5. The van der Waals surface area contributed by atoms with E-state index >= 15 is 0 Å². The van der Waals surface area contributed by atoms with E-state index in [4.69, 9.17) is 0 Å². The maximum atomic E-state index is 13.7. The van der Waals surface area contributed by atoms with Crippen molar-refractivity contribution in [2.45, 2.75) is 49.7 Å². The second-order valence-electron chi connectivity index (χ2n) is 6.16. The van der Waals surface area contributed by atoms with Gasteiger partial charge in [0.25, 0.3) is 0 Å². The molecule has 0 aliphatic rings. The molecular weight excluding hydrogens is 363 g/mol. The molecule has 2 rings (SSSR count). The number of unbranched alkanes of at least 4 members (excludes halogenated alkanes) is 1. The average Bonchev–Trinajstić information content (AvgIpc) is 2.66. The Morgan fingerprint density at radius 3 is 2.56 bits per heavy atom. The average molecular weight is 389 g/mol. The summed E-state index contributed by atoms with van der Waals surface area (Å²) in [5.74, 6) is -0.712. The minimum atomic E-state index is -0.456. The largest absolute Gasteiger partial charge is 0.326 e. The Bertz CT molecular complexity index is 782. The first-order valence-corrected chi connectivity index (χ1v) is 10.0. The van der Waals surface area contributed by atoms with Crippen LogP contribution < -0.4 is 10.6 Å². The summed E-state index contributed by atoms with van der Waals surface area (Å²) in [6.45, 7) is 3.96. The number of rotatable bonds is 9. The van der Waals surface area contributed by atoms with Crippen LogP contribution in [-0.4, -0.2) is 17.1 Å². The van der Waals surface area contributed by atoms with E-state index in [2.05, 4.69) is 10.6 Å². The van der Waals surface area contributed by atoms with Gasteiger partial charge in [-0.3, -0.25) is 9.59 Å². The van der Waals surface area contributed by atoms with Gasteiger partial charge in [0.1, 0.15) is 5.82 Å². The van der Waals surface area contributed by atoms with Crippen LogP contribution in [0.2, 0.25) is 0 Å². The molecule has 144 valence electrons. The van der Waals surface area contributed by atoms with E-state index < -0.39 is 5.82 Å². The quantitative estimate of drug-likeness (QED) is 0.561. The second kappa shape index (κ2) is 10.7. The molecule has 0 radical (unpaired) electrons. The van der Waals surface area contributed by atoms with Crippen LogP contribution in [0.1, 0.15) is 39.5 Å².